The Morgan fingerprint density at radius 2 is 1.81 bits per heavy atom. The average molecular weight is 498 g/mol. The number of aliphatic carboxylic acids is 1. The first-order valence-electron chi connectivity index (χ1n) is 13.2. The molecule has 3 aliphatic rings. The molecule has 2 heterocycles. The molecule has 1 fully saturated rings. The second-order valence-corrected chi connectivity index (χ2v) is 11.1. The van der Waals surface area contributed by atoms with Crippen LogP contribution in [-0.4, -0.2) is 35.7 Å². The number of carbonyl (C=O) groups excluding carboxylic acids is 1. The monoisotopic (exact) mass is 497 g/mol. The molecule has 194 valence electrons. The third-order valence-electron chi connectivity index (χ3n) is 8.02. The molecule has 0 saturated heterocycles. The molecule has 0 bridgehead atoms. The molecule has 0 unspecified atom stereocenters. The van der Waals surface area contributed by atoms with Gasteiger partial charge in [-0.05, 0) is 89.5 Å². The number of aryl methyl sites for hydroxylation is 2. The van der Waals surface area contributed by atoms with Crippen molar-refractivity contribution in [3.05, 3.63) is 33.2 Å². The van der Waals surface area contributed by atoms with Gasteiger partial charge in [-0.15, -0.1) is 0 Å². The van der Waals surface area contributed by atoms with Gasteiger partial charge < -0.3 is 24.3 Å². The summed E-state index contributed by atoms with van der Waals surface area (Å²) in [5.74, 6) is 0.216. The van der Waals surface area contributed by atoms with Crippen molar-refractivity contribution in [1.82, 2.24) is 5.32 Å². The molecular weight excluding hydrogens is 462 g/mol. The van der Waals surface area contributed by atoms with Crippen LogP contribution in [0.4, 0.5) is 0 Å². The number of hydrogen-bond acceptors (Lipinski definition) is 6. The lowest BCUT2D eigenvalue weighted by Gasteiger charge is -2.33. The molecule has 0 radical (unpaired) electrons. The van der Waals surface area contributed by atoms with Gasteiger partial charge >= 0.3 is 11.6 Å². The first kappa shape index (κ1) is 24.7. The largest absolute Gasteiger partial charge is 0.487 e. The van der Waals surface area contributed by atoms with Crippen molar-refractivity contribution in [1.29, 1.82) is 0 Å². The maximum absolute atomic E-state index is 12.8. The summed E-state index contributed by atoms with van der Waals surface area (Å²) in [6.07, 6.45) is 7.88. The zero-order chi connectivity index (χ0) is 25.4. The molecule has 1 aliphatic heterocycles. The summed E-state index contributed by atoms with van der Waals surface area (Å²) in [7, 11) is 0. The minimum Gasteiger partial charge on any atom is -0.487 e. The fraction of sp³-hybridized carbons (Fsp3) is 0.607. The molecule has 1 saturated carbocycles. The summed E-state index contributed by atoms with van der Waals surface area (Å²) < 4.78 is 18.2. The minimum absolute atomic E-state index is 0.157. The van der Waals surface area contributed by atoms with Crippen LogP contribution in [0.3, 0.4) is 0 Å². The van der Waals surface area contributed by atoms with Gasteiger partial charge in [0.25, 0.3) is 5.91 Å². The average Bonchev–Trinajstić information content (AvgIpc) is 2.85. The lowest BCUT2D eigenvalue weighted by molar-refractivity contribution is -0.143. The number of nitrogens with one attached hydrogen (secondary N) is 1. The number of amides is 1. The Hall–Kier alpha value is -3.03. The Balaban J connectivity index is 1.35. The Bertz CT molecular complexity index is 1240. The van der Waals surface area contributed by atoms with Crippen molar-refractivity contribution >= 4 is 22.8 Å². The summed E-state index contributed by atoms with van der Waals surface area (Å²) in [4.78, 5) is 36.6. The number of carbonyl (C=O) groups is 2. The molecule has 0 atom stereocenters. The number of carboxylic acids is 1. The number of ether oxygens (including phenoxy) is 2. The van der Waals surface area contributed by atoms with Crippen LogP contribution in [0.2, 0.25) is 0 Å². The number of fused-ring (bicyclic) bond motifs is 5. The summed E-state index contributed by atoms with van der Waals surface area (Å²) in [6, 6.07) is 1.86. The third-order valence-corrected chi connectivity index (χ3v) is 8.02. The van der Waals surface area contributed by atoms with Gasteiger partial charge in [0.1, 0.15) is 22.7 Å². The quantitative estimate of drug-likeness (QED) is 0.576. The predicted octanol–water partition coefficient (Wildman–Crippen LogP) is 4.16. The fourth-order valence-corrected chi connectivity index (χ4v) is 5.89. The Morgan fingerprint density at radius 3 is 2.53 bits per heavy atom. The standard InChI is InChI=1S/C28H35NO7/c1-28(2)12-11-20-21(36-28)13-22(24-18-5-3-4-6-19(18)27(33)35-25(20)24)34-15-23(30)29-14-16-7-9-17(10-8-16)26(31)32/h13,16-17H,3-12,14-15H2,1-2H3,(H,29,30)(H,31,32). The highest BCUT2D eigenvalue weighted by molar-refractivity contribution is 5.92. The highest BCUT2D eigenvalue weighted by Gasteiger charge is 2.32. The van der Waals surface area contributed by atoms with Gasteiger partial charge in [-0.1, -0.05) is 0 Å². The second-order valence-electron chi connectivity index (χ2n) is 11.1. The molecule has 2 aromatic rings. The first-order chi connectivity index (χ1) is 17.2. The maximum Gasteiger partial charge on any atom is 0.339 e. The molecular formula is C28H35NO7. The van der Waals surface area contributed by atoms with Crippen molar-refractivity contribution in [2.75, 3.05) is 13.2 Å². The number of benzene rings is 1. The molecule has 0 spiro atoms. The van der Waals surface area contributed by atoms with Crippen LogP contribution in [-0.2, 0) is 28.9 Å². The van der Waals surface area contributed by atoms with Gasteiger partial charge in [0, 0.05) is 23.7 Å². The van der Waals surface area contributed by atoms with Crippen LogP contribution >= 0.6 is 0 Å². The molecule has 1 aromatic carbocycles. The summed E-state index contributed by atoms with van der Waals surface area (Å²) >= 11 is 0. The molecule has 2 N–H and O–H groups in total. The lowest BCUT2D eigenvalue weighted by atomic mass is 9.82. The van der Waals surface area contributed by atoms with Crippen LogP contribution in [0.1, 0.15) is 75.5 Å². The maximum atomic E-state index is 12.8. The predicted molar refractivity (Wildman–Crippen MR) is 134 cm³/mol. The molecule has 1 amide bonds. The van der Waals surface area contributed by atoms with E-state index in [1.54, 1.807) is 0 Å². The van der Waals surface area contributed by atoms with Crippen LogP contribution in [0.5, 0.6) is 11.5 Å². The lowest BCUT2D eigenvalue weighted by Crippen LogP contribution is -2.35. The minimum atomic E-state index is -0.728. The van der Waals surface area contributed by atoms with E-state index in [0.29, 0.717) is 42.9 Å². The van der Waals surface area contributed by atoms with Gasteiger partial charge in [0.15, 0.2) is 6.61 Å². The molecule has 8 nitrogen and oxygen atoms in total. The van der Waals surface area contributed by atoms with E-state index in [2.05, 4.69) is 5.32 Å². The van der Waals surface area contributed by atoms with Crippen LogP contribution in [0, 0.1) is 11.8 Å². The van der Waals surface area contributed by atoms with Crippen LogP contribution in [0.15, 0.2) is 15.3 Å². The highest BCUT2D eigenvalue weighted by atomic mass is 16.5. The Morgan fingerprint density at radius 1 is 1.08 bits per heavy atom. The molecule has 36 heavy (non-hydrogen) atoms. The first-order valence-corrected chi connectivity index (χ1v) is 13.2. The van der Waals surface area contributed by atoms with E-state index >= 15 is 0 Å². The normalized spacial score (nSPS) is 22.7. The summed E-state index contributed by atoms with van der Waals surface area (Å²) in [6.45, 7) is 4.42. The van der Waals surface area contributed by atoms with Gasteiger partial charge in [-0.3, -0.25) is 9.59 Å². The Kier molecular flexibility index (Phi) is 6.70. The van der Waals surface area contributed by atoms with Crippen LogP contribution in [0.25, 0.3) is 11.0 Å². The van der Waals surface area contributed by atoms with E-state index in [9.17, 15) is 14.4 Å². The van der Waals surface area contributed by atoms with E-state index < -0.39 is 5.97 Å². The van der Waals surface area contributed by atoms with Crippen molar-refractivity contribution in [3.63, 3.8) is 0 Å². The summed E-state index contributed by atoms with van der Waals surface area (Å²) in [5, 5.41) is 12.9. The zero-order valence-corrected chi connectivity index (χ0v) is 21.1. The molecule has 2 aliphatic carbocycles. The van der Waals surface area contributed by atoms with Gasteiger partial charge in [-0.25, -0.2) is 4.79 Å². The summed E-state index contributed by atoms with van der Waals surface area (Å²) in [5.41, 5.74) is 2.49. The van der Waals surface area contributed by atoms with Crippen LogP contribution < -0.4 is 20.4 Å². The fourth-order valence-electron chi connectivity index (χ4n) is 5.89. The topological polar surface area (TPSA) is 115 Å². The van der Waals surface area contributed by atoms with Gasteiger partial charge in [0.2, 0.25) is 0 Å². The van der Waals surface area contributed by atoms with Crippen molar-refractivity contribution in [3.8, 4) is 11.5 Å². The SMILES string of the molecule is CC1(C)CCc2c(cc(OCC(=O)NCC3CCC(C(=O)O)CC3)c3c4c(c(=O)oc23)CCCC4)O1. The Labute approximate surface area is 210 Å². The smallest absolute Gasteiger partial charge is 0.339 e. The van der Waals surface area contributed by atoms with Crippen molar-refractivity contribution in [2.45, 2.75) is 83.7 Å². The van der Waals surface area contributed by atoms with E-state index in [4.69, 9.17) is 19.0 Å². The highest BCUT2D eigenvalue weighted by Crippen LogP contribution is 2.44. The van der Waals surface area contributed by atoms with E-state index in [1.807, 2.05) is 19.9 Å². The number of carboxylic acid groups (broad SMARTS) is 1. The van der Waals surface area contributed by atoms with Crippen molar-refractivity contribution < 1.29 is 28.6 Å². The number of rotatable bonds is 6. The molecule has 1 aromatic heterocycles. The third kappa shape index (κ3) is 4.95. The van der Waals surface area contributed by atoms with E-state index in [-0.39, 0.29) is 35.6 Å². The zero-order valence-electron chi connectivity index (χ0n) is 21.1. The molecule has 5 rings (SSSR count). The second kappa shape index (κ2) is 9.79. The van der Waals surface area contributed by atoms with Gasteiger partial charge in [0.05, 0.1) is 11.3 Å². The van der Waals surface area contributed by atoms with Gasteiger partial charge in [-0.2, -0.15) is 0 Å². The van der Waals surface area contributed by atoms with Crippen molar-refractivity contribution in [2.24, 2.45) is 11.8 Å². The molecule has 8 heteroatoms. The van der Waals surface area contributed by atoms with E-state index in [0.717, 1.165) is 67.0 Å². The van der Waals surface area contributed by atoms with E-state index in [1.165, 1.54) is 0 Å². The number of hydrogen-bond donors (Lipinski definition) is 2.